The number of nitrogens with zero attached hydrogens (tertiary/aromatic N) is 3. The highest BCUT2D eigenvalue weighted by molar-refractivity contribution is 5.35. The first-order valence-corrected chi connectivity index (χ1v) is 6.32. The van der Waals surface area contributed by atoms with Crippen LogP contribution in [0.1, 0.15) is 18.4 Å². The summed E-state index contributed by atoms with van der Waals surface area (Å²) in [5.41, 5.74) is 0.682. The second kappa shape index (κ2) is 7.39. The molecule has 1 aromatic rings. The standard InChI is InChI=1S/C12H19F3N4O/c1-3-16-10-6-9(2)17-11(18-10)7-19(4-5-20)8-12(13,14)15/h6,20H,3-5,7-8H2,1-2H3,(H,16,17,18). The number of aromatic nitrogens is 2. The van der Waals surface area contributed by atoms with Crippen LogP contribution in [-0.2, 0) is 6.54 Å². The van der Waals surface area contributed by atoms with E-state index in [-0.39, 0.29) is 19.7 Å². The van der Waals surface area contributed by atoms with Crippen LogP contribution in [0.25, 0.3) is 0 Å². The zero-order valence-electron chi connectivity index (χ0n) is 11.5. The SMILES string of the molecule is CCNc1cc(C)nc(CN(CCO)CC(F)(F)F)n1. The molecular weight excluding hydrogens is 273 g/mol. The molecule has 0 aliphatic rings. The number of rotatable bonds is 7. The van der Waals surface area contributed by atoms with E-state index in [9.17, 15) is 13.2 Å². The Balaban J connectivity index is 2.81. The third-order valence-electron chi connectivity index (χ3n) is 2.44. The number of hydrogen-bond acceptors (Lipinski definition) is 5. The molecule has 114 valence electrons. The predicted octanol–water partition coefficient (Wildman–Crippen LogP) is 1.57. The summed E-state index contributed by atoms with van der Waals surface area (Å²) >= 11 is 0. The Kier molecular flexibility index (Phi) is 6.15. The van der Waals surface area contributed by atoms with E-state index < -0.39 is 12.7 Å². The summed E-state index contributed by atoms with van der Waals surface area (Å²) in [6.45, 7) is 2.75. The fourth-order valence-electron chi connectivity index (χ4n) is 1.78. The fourth-order valence-corrected chi connectivity index (χ4v) is 1.78. The lowest BCUT2D eigenvalue weighted by molar-refractivity contribution is -0.148. The van der Waals surface area contributed by atoms with Gasteiger partial charge in [-0.1, -0.05) is 0 Å². The van der Waals surface area contributed by atoms with Crippen LogP contribution in [0.15, 0.2) is 6.07 Å². The Labute approximate surface area is 115 Å². The van der Waals surface area contributed by atoms with E-state index in [0.29, 0.717) is 23.9 Å². The number of aliphatic hydroxyl groups is 1. The highest BCUT2D eigenvalue weighted by Gasteiger charge is 2.30. The van der Waals surface area contributed by atoms with Crippen molar-refractivity contribution in [2.75, 3.05) is 31.6 Å². The number of nitrogens with one attached hydrogen (secondary N) is 1. The maximum atomic E-state index is 12.4. The summed E-state index contributed by atoms with van der Waals surface area (Å²) in [6.07, 6.45) is -4.32. The van der Waals surface area contributed by atoms with Crippen LogP contribution in [0.3, 0.4) is 0 Å². The van der Waals surface area contributed by atoms with Gasteiger partial charge < -0.3 is 10.4 Å². The van der Waals surface area contributed by atoms with E-state index in [1.165, 1.54) is 0 Å². The molecule has 0 unspecified atom stereocenters. The van der Waals surface area contributed by atoms with E-state index in [1.54, 1.807) is 13.0 Å². The molecule has 0 radical (unpaired) electrons. The smallest absolute Gasteiger partial charge is 0.395 e. The van der Waals surface area contributed by atoms with Crippen molar-refractivity contribution in [3.8, 4) is 0 Å². The molecule has 1 rings (SSSR count). The molecule has 8 heteroatoms. The number of aliphatic hydroxyl groups excluding tert-OH is 1. The lowest BCUT2D eigenvalue weighted by Crippen LogP contribution is -2.36. The van der Waals surface area contributed by atoms with Gasteiger partial charge in [0.05, 0.1) is 19.7 Å². The molecule has 0 saturated heterocycles. The van der Waals surface area contributed by atoms with Crippen molar-refractivity contribution in [2.45, 2.75) is 26.6 Å². The average Bonchev–Trinajstić information content (AvgIpc) is 2.26. The zero-order valence-corrected chi connectivity index (χ0v) is 11.5. The van der Waals surface area contributed by atoms with Gasteiger partial charge in [-0.2, -0.15) is 13.2 Å². The number of halogens is 3. The van der Waals surface area contributed by atoms with Crippen LogP contribution in [0.4, 0.5) is 19.0 Å². The third kappa shape index (κ3) is 6.16. The molecule has 0 bridgehead atoms. The second-order valence-electron chi connectivity index (χ2n) is 4.39. The summed E-state index contributed by atoms with van der Waals surface area (Å²) < 4.78 is 37.3. The van der Waals surface area contributed by atoms with E-state index in [2.05, 4.69) is 15.3 Å². The third-order valence-corrected chi connectivity index (χ3v) is 2.44. The highest BCUT2D eigenvalue weighted by atomic mass is 19.4. The maximum Gasteiger partial charge on any atom is 0.401 e. The Bertz CT molecular complexity index is 426. The molecule has 1 aromatic heterocycles. The van der Waals surface area contributed by atoms with E-state index in [1.807, 2.05) is 6.92 Å². The molecule has 5 nitrogen and oxygen atoms in total. The maximum absolute atomic E-state index is 12.4. The van der Waals surface area contributed by atoms with Crippen LogP contribution in [-0.4, -0.2) is 52.4 Å². The molecule has 0 saturated carbocycles. The normalized spacial score (nSPS) is 11.9. The average molecular weight is 292 g/mol. The van der Waals surface area contributed by atoms with Crippen LogP contribution in [0, 0.1) is 6.92 Å². The van der Waals surface area contributed by atoms with Gasteiger partial charge in [0.15, 0.2) is 0 Å². The van der Waals surface area contributed by atoms with Gasteiger partial charge in [-0.3, -0.25) is 4.90 Å². The second-order valence-corrected chi connectivity index (χ2v) is 4.39. The molecule has 0 fully saturated rings. The Morgan fingerprint density at radius 3 is 2.60 bits per heavy atom. The minimum absolute atomic E-state index is 0.0554. The molecule has 0 spiro atoms. The molecule has 0 aliphatic carbocycles. The van der Waals surface area contributed by atoms with Gasteiger partial charge in [0, 0.05) is 24.8 Å². The Morgan fingerprint density at radius 1 is 1.35 bits per heavy atom. The van der Waals surface area contributed by atoms with Crippen molar-refractivity contribution in [2.24, 2.45) is 0 Å². The minimum Gasteiger partial charge on any atom is -0.395 e. The van der Waals surface area contributed by atoms with Gasteiger partial charge in [-0.05, 0) is 13.8 Å². The number of anilines is 1. The summed E-state index contributed by atoms with van der Waals surface area (Å²) in [6, 6.07) is 1.73. The summed E-state index contributed by atoms with van der Waals surface area (Å²) in [7, 11) is 0. The van der Waals surface area contributed by atoms with Crippen molar-refractivity contribution in [1.82, 2.24) is 14.9 Å². The van der Waals surface area contributed by atoms with Gasteiger partial charge in [0.25, 0.3) is 0 Å². The quantitative estimate of drug-likeness (QED) is 0.799. The monoisotopic (exact) mass is 292 g/mol. The summed E-state index contributed by atoms with van der Waals surface area (Å²) in [5.74, 6) is 0.893. The van der Waals surface area contributed by atoms with Crippen LogP contribution >= 0.6 is 0 Å². The molecule has 20 heavy (non-hydrogen) atoms. The van der Waals surface area contributed by atoms with Crippen molar-refractivity contribution >= 4 is 5.82 Å². The first kappa shape index (κ1) is 16.6. The lowest BCUT2D eigenvalue weighted by atomic mass is 10.3. The molecule has 0 atom stereocenters. The molecule has 0 aliphatic heterocycles. The summed E-state index contributed by atoms with van der Waals surface area (Å²) in [5, 5.41) is 11.8. The van der Waals surface area contributed by atoms with Crippen molar-refractivity contribution in [3.05, 3.63) is 17.6 Å². The van der Waals surface area contributed by atoms with E-state index in [4.69, 9.17) is 5.11 Å². The highest BCUT2D eigenvalue weighted by Crippen LogP contribution is 2.17. The molecule has 0 aromatic carbocycles. The largest absolute Gasteiger partial charge is 0.401 e. The van der Waals surface area contributed by atoms with Crippen molar-refractivity contribution in [1.29, 1.82) is 0 Å². The van der Waals surface area contributed by atoms with Crippen LogP contribution in [0.2, 0.25) is 0 Å². The Hall–Kier alpha value is -1.41. The Morgan fingerprint density at radius 2 is 2.05 bits per heavy atom. The van der Waals surface area contributed by atoms with Crippen LogP contribution in [0.5, 0.6) is 0 Å². The van der Waals surface area contributed by atoms with E-state index >= 15 is 0 Å². The summed E-state index contributed by atoms with van der Waals surface area (Å²) in [4.78, 5) is 9.36. The van der Waals surface area contributed by atoms with E-state index in [0.717, 1.165) is 4.90 Å². The molecular formula is C12H19F3N4O. The fraction of sp³-hybridized carbons (Fsp3) is 0.667. The molecule has 1 heterocycles. The first-order valence-electron chi connectivity index (χ1n) is 6.32. The lowest BCUT2D eigenvalue weighted by Gasteiger charge is -2.22. The van der Waals surface area contributed by atoms with Gasteiger partial charge in [0.1, 0.15) is 11.6 Å². The van der Waals surface area contributed by atoms with Crippen LogP contribution < -0.4 is 5.32 Å². The van der Waals surface area contributed by atoms with Gasteiger partial charge in [-0.15, -0.1) is 0 Å². The van der Waals surface area contributed by atoms with Crippen molar-refractivity contribution < 1.29 is 18.3 Å². The number of aryl methyl sites for hydroxylation is 1. The number of hydrogen-bond donors (Lipinski definition) is 2. The topological polar surface area (TPSA) is 61.3 Å². The van der Waals surface area contributed by atoms with Crippen molar-refractivity contribution in [3.63, 3.8) is 0 Å². The molecule has 0 amide bonds. The van der Waals surface area contributed by atoms with Gasteiger partial charge in [-0.25, -0.2) is 9.97 Å². The number of alkyl halides is 3. The van der Waals surface area contributed by atoms with Gasteiger partial charge in [0.2, 0.25) is 0 Å². The predicted molar refractivity (Wildman–Crippen MR) is 69.4 cm³/mol. The first-order chi connectivity index (χ1) is 9.34. The van der Waals surface area contributed by atoms with Gasteiger partial charge >= 0.3 is 6.18 Å². The minimum atomic E-state index is -4.32. The molecule has 2 N–H and O–H groups in total. The zero-order chi connectivity index (χ0) is 15.2.